The summed E-state index contributed by atoms with van der Waals surface area (Å²) >= 11 is 0. The number of nitrogens with zero attached hydrogens (tertiary/aromatic N) is 1. The first-order valence-electron chi connectivity index (χ1n) is 6.13. The van der Waals surface area contributed by atoms with Crippen LogP contribution in [0.2, 0.25) is 0 Å². The maximum atomic E-state index is 5.45. The van der Waals surface area contributed by atoms with Crippen molar-refractivity contribution >= 4 is 5.82 Å². The van der Waals surface area contributed by atoms with E-state index in [-0.39, 0.29) is 5.60 Å². The molecule has 0 saturated carbocycles. The third-order valence-corrected chi connectivity index (χ3v) is 1.98. The Bertz CT molecular complexity index is 358. The number of hydrogen-bond donors (Lipinski definition) is 1. The van der Waals surface area contributed by atoms with Crippen LogP contribution in [0.15, 0.2) is 36.9 Å². The first-order valence-corrected chi connectivity index (χ1v) is 6.13. The molecule has 18 heavy (non-hydrogen) atoms. The van der Waals surface area contributed by atoms with Crippen molar-refractivity contribution in [2.45, 2.75) is 32.8 Å². The Morgan fingerprint density at radius 3 is 2.78 bits per heavy atom. The number of ether oxygens (including phenoxy) is 2. The SMILES string of the molecule is C=C(OCCCNc1ccccn1)OC(C)(C)C. The molecule has 0 radical (unpaired) electrons. The number of anilines is 1. The summed E-state index contributed by atoms with van der Waals surface area (Å²) in [5.41, 5.74) is -0.261. The zero-order chi connectivity index (χ0) is 13.4. The molecular weight excluding hydrogens is 228 g/mol. The third kappa shape index (κ3) is 6.78. The Morgan fingerprint density at radius 1 is 1.39 bits per heavy atom. The number of rotatable bonds is 7. The summed E-state index contributed by atoms with van der Waals surface area (Å²) in [4.78, 5) is 4.17. The van der Waals surface area contributed by atoms with Crippen molar-refractivity contribution in [1.82, 2.24) is 4.98 Å². The molecule has 4 heteroatoms. The van der Waals surface area contributed by atoms with Gasteiger partial charge in [0.2, 0.25) is 0 Å². The highest BCUT2D eigenvalue weighted by atomic mass is 16.7. The molecule has 0 fully saturated rings. The van der Waals surface area contributed by atoms with E-state index in [9.17, 15) is 0 Å². The first kappa shape index (κ1) is 14.4. The monoisotopic (exact) mass is 250 g/mol. The van der Waals surface area contributed by atoms with Gasteiger partial charge < -0.3 is 14.8 Å². The molecule has 0 aromatic carbocycles. The van der Waals surface area contributed by atoms with E-state index in [1.807, 2.05) is 39.0 Å². The Morgan fingerprint density at radius 2 is 2.17 bits per heavy atom. The highest BCUT2D eigenvalue weighted by molar-refractivity contribution is 5.32. The number of pyridine rings is 1. The standard InChI is InChI=1S/C14H22N2O2/c1-12(18-14(2,3)4)17-11-7-10-16-13-8-5-6-9-15-13/h5-6,8-9H,1,7,10-11H2,2-4H3,(H,15,16). The van der Waals surface area contributed by atoms with E-state index < -0.39 is 0 Å². The maximum Gasteiger partial charge on any atom is 0.272 e. The highest BCUT2D eigenvalue weighted by Gasteiger charge is 2.12. The smallest absolute Gasteiger partial charge is 0.272 e. The third-order valence-electron chi connectivity index (χ3n) is 1.98. The van der Waals surface area contributed by atoms with Gasteiger partial charge >= 0.3 is 0 Å². The lowest BCUT2D eigenvalue weighted by Crippen LogP contribution is -2.19. The lowest BCUT2D eigenvalue weighted by Gasteiger charge is -2.22. The molecule has 0 aliphatic heterocycles. The molecule has 1 rings (SSSR count). The second kappa shape index (κ2) is 6.89. The molecule has 0 aliphatic carbocycles. The van der Waals surface area contributed by atoms with E-state index in [1.54, 1.807) is 6.20 Å². The Kier molecular flexibility index (Phi) is 5.49. The van der Waals surface area contributed by atoms with Gasteiger partial charge in [-0.3, -0.25) is 0 Å². The van der Waals surface area contributed by atoms with Crippen molar-refractivity contribution in [3.63, 3.8) is 0 Å². The van der Waals surface area contributed by atoms with Gasteiger partial charge in [-0.25, -0.2) is 4.98 Å². The fraction of sp³-hybridized carbons (Fsp3) is 0.500. The number of nitrogens with one attached hydrogen (secondary N) is 1. The summed E-state index contributed by atoms with van der Waals surface area (Å²) in [6.45, 7) is 11.0. The average molecular weight is 250 g/mol. The minimum absolute atomic E-state index is 0.261. The van der Waals surface area contributed by atoms with E-state index in [4.69, 9.17) is 9.47 Å². The van der Waals surface area contributed by atoms with Crippen LogP contribution < -0.4 is 5.32 Å². The molecule has 4 nitrogen and oxygen atoms in total. The molecule has 0 amide bonds. The van der Waals surface area contributed by atoms with Crippen molar-refractivity contribution in [2.24, 2.45) is 0 Å². The van der Waals surface area contributed by atoms with Gasteiger partial charge in [0.05, 0.1) is 6.61 Å². The number of aromatic nitrogens is 1. The van der Waals surface area contributed by atoms with Crippen LogP contribution in [0.25, 0.3) is 0 Å². The van der Waals surface area contributed by atoms with Crippen molar-refractivity contribution in [1.29, 1.82) is 0 Å². The van der Waals surface area contributed by atoms with Gasteiger partial charge in [-0.2, -0.15) is 0 Å². The van der Waals surface area contributed by atoms with Crippen LogP contribution in [0.5, 0.6) is 0 Å². The fourth-order valence-electron chi connectivity index (χ4n) is 1.31. The van der Waals surface area contributed by atoms with Crippen LogP contribution in [0.3, 0.4) is 0 Å². The van der Waals surface area contributed by atoms with E-state index in [2.05, 4.69) is 16.9 Å². The maximum absolute atomic E-state index is 5.45. The van der Waals surface area contributed by atoms with Crippen LogP contribution in [0.4, 0.5) is 5.82 Å². The quantitative estimate of drug-likeness (QED) is 0.596. The van der Waals surface area contributed by atoms with Crippen molar-refractivity contribution in [2.75, 3.05) is 18.5 Å². The molecule has 1 N–H and O–H groups in total. The van der Waals surface area contributed by atoms with E-state index in [0.29, 0.717) is 12.6 Å². The van der Waals surface area contributed by atoms with Crippen LogP contribution >= 0.6 is 0 Å². The predicted molar refractivity (Wildman–Crippen MR) is 73.3 cm³/mol. The number of hydrogen-bond acceptors (Lipinski definition) is 4. The second-order valence-electron chi connectivity index (χ2n) is 4.93. The van der Waals surface area contributed by atoms with Crippen LogP contribution in [0, 0.1) is 0 Å². The topological polar surface area (TPSA) is 43.4 Å². The zero-order valence-electron chi connectivity index (χ0n) is 11.4. The van der Waals surface area contributed by atoms with Gasteiger partial charge in [-0.1, -0.05) is 6.07 Å². The Labute approximate surface area is 109 Å². The van der Waals surface area contributed by atoms with Gasteiger partial charge in [0, 0.05) is 12.7 Å². The van der Waals surface area contributed by atoms with Crippen molar-refractivity contribution in [3.05, 3.63) is 36.9 Å². The fourth-order valence-corrected chi connectivity index (χ4v) is 1.31. The summed E-state index contributed by atoms with van der Waals surface area (Å²) < 4.78 is 10.8. The average Bonchev–Trinajstić information content (AvgIpc) is 2.27. The molecule has 0 aliphatic rings. The summed E-state index contributed by atoms with van der Waals surface area (Å²) in [5.74, 6) is 1.25. The normalized spacial score (nSPS) is 10.8. The Balaban J connectivity index is 2.07. The summed E-state index contributed by atoms with van der Waals surface area (Å²) in [6, 6.07) is 5.77. The van der Waals surface area contributed by atoms with Crippen LogP contribution in [0.1, 0.15) is 27.2 Å². The lowest BCUT2D eigenvalue weighted by molar-refractivity contribution is -0.0427. The first-order chi connectivity index (χ1) is 8.47. The van der Waals surface area contributed by atoms with Gasteiger partial charge in [-0.15, -0.1) is 0 Å². The zero-order valence-corrected chi connectivity index (χ0v) is 11.4. The molecule has 0 unspecified atom stereocenters. The molecule has 1 heterocycles. The summed E-state index contributed by atoms with van der Waals surface area (Å²) in [6.07, 6.45) is 2.63. The molecule has 0 saturated heterocycles. The Hall–Kier alpha value is -1.71. The van der Waals surface area contributed by atoms with Crippen LogP contribution in [-0.4, -0.2) is 23.7 Å². The highest BCUT2D eigenvalue weighted by Crippen LogP contribution is 2.12. The van der Waals surface area contributed by atoms with Crippen molar-refractivity contribution < 1.29 is 9.47 Å². The molecule has 0 atom stereocenters. The van der Waals surface area contributed by atoms with Crippen LogP contribution in [-0.2, 0) is 9.47 Å². The molecule has 0 bridgehead atoms. The molecular formula is C14H22N2O2. The molecule has 100 valence electrons. The van der Waals surface area contributed by atoms with E-state index >= 15 is 0 Å². The molecule has 1 aromatic heterocycles. The van der Waals surface area contributed by atoms with Gasteiger partial charge in [0.1, 0.15) is 11.4 Å². The molecule has 1 aromatic rings. The van der Waals surface area contributed by atoms with Gasteiger partial charge in [-0.05, 0) is 45.9 Å². The summed E-state index contributed by atoms with van der Waals surface area (Å²) in [5, 5.41) is 3.21. The van der Waals surface area contributed by atoms with Gasteiger partial charge in [0.15, 0.2) is 0 Å². The van der Waals surface area contributed by atoms with Crippen molar-refractivity contribution in [3.8, 4) is 0 Å². The van der Waals surface area contributed by atoms with Gasteiger partial charge in [0.25, 0.3) is 5.95 Å². The predicted octanol–water partition coefficient (Wildman–Crippen LogP) is 3.19. The van der Waals surface area contributed by atoms with E-state index in [0.717, 1.165) is 18.8 Å². The minimum atomic E-state index is -0.261. The largest absolute Gasteiger partial charge is 0.466 e. The van der Waals surface area contributed by atoms with E-state index in [1.165, 1.54) is 0 Å². The second-order valence-corrected chi connectivity index (χ2v) is 4.93. The molecule has 0 spiro atoms. The lowest BCUT2D eigenvalue weighted by atomic mass is 10.2. The summed E-state index contributed by atoms with van der Waals surface area (Å²) in [7, 11) is 0. The minimum Gasteiger partial charge on any atom is -0.466 e.